The van der Waals surface area contributed by atoms with E-state index in [0.717, 1.165) is 17.9 Å². The number of aromatic nitrogens is 2. The third-order valence-corrected chi connectivity index (χ3v) is 2.11. The Morgan fingerprint density at radius 3 is 2.77 bits per heavy atom. The minimum atomic E-state index is 0.330. The van der Waals surface area contributed by atoms with Gasteiger partial charge in [0.25, 0.3) is 0 Å². The van der Waals surface area contributed by atoms with Crippen molar-refractivity contribution in [2.24, 2.45) is 0 Å². The van der Waals surface area contributed by atoms with E-state index in [2.05, 4.69) is 16.5 Å². The lowest BCUT2D eigenvalue weighted by molar-refractivity contribution is 0.677. The molecule has 1 aromatic rings. The Morgan fingerprint density at radius 2 is 2.23 bits per heavy atom. The standard InChI is InChI=1S/C9H14N4/c1-7-9(6-11-3)8(2)13(12-7)5-4-10/h11H,5-6H2,1-3H3. The fourth-order valence-electron chi connectivity index (χ4n) is 1.39. The van der Waals surface area contributed by atoms with Crippen LogP contribution in [0.2, 0.25) is 0 Å². The van der Waals surface area contributed by atoms with Crippen molar-refractivity contribution in [1.82, 2.24) is 15.1 Å². The SMILES string of the molecule is CNCc1c(C)nn(CC#N)c1C. The van der Waals surface area contributed by atoms with Crippen LogP contribution in [-0.2, 0) is 13.1 Å². The molecule has 0 spiro atoms. The zero-order chi connectivity index (χ0) is 9.84. The number of hydrogen-bond acceptors (Lipinski definition) is 3. The summed E-state index contributed by atoms with van der Waals surface area (Å²) in [5, 5.41) is 15.9. The van der Waals surface area contributed by atoms with Crippen molar-refractivity contribution in [3.63, 3.8) is 0 Å². The average Bonchev–Trinajstić information content (AvgIpc) is 2.34. The van der Waals surface area contributed by atoms with E-state index in [1.807, 2.05) is 20.9 Å². The second kappa shape index (κ2) is 4.06. The predicted molar refractivity (Wildman–Crippen MR) is 50.1 cm³/mol. The third-order valence-electron chi connectivity index (χ3n) is 2.11. The van der Waals surface area contributed by atoms with E-state index in [1.54, 1.807) is 4.68 Å². The zero-order valence-corrected chi connectivity index (χ0v) is 8.26. The van der Waals surface area contributed by atoms with Crippen LogP contribution in [-0.4, -0.2) is 16.8 Å². The molecule has 0 bridgehead atoms. The summed E-state index contributed by atoms with van der Waals surface area (Å²) in [7, 11) is 1.90. The van der Waals surface area contributed by atoms with E-state index in [1.165, 1.54) is 5.56 Å². The van der Waals surface area contributed by atoms with Crippen LogP contribution >= 0.6 is 0 Å². The maximum Gasteiger partial charge on any atom is 0.128 e. The molecule has 0 aliphatic heterocycles. The normalized spacial score (nSPS) is 10.0. The molecule has 0 unspecified atom stereocenters. The van der Waals surface area contributed by atoms with Gasteiger partial charge < -0.3 is 5.32 Å². The Labute approximate surface area is 78.2 Å². The zero-order valence-electron chi connectivity index (χ0n) is 8.26. The molecule has 1 rings (SSSR count). The molecule has 13 heavy (non-hydrogen) atoms. The Kier molecular flexibility index (Phi) is 3.04. The van der Waals surface area contributed by atoms with Gasteiger partial charge in [-0.1, -0.05) is 0 Å². The van der Waals surface area contributed by atoms with Crippen molar-refractivity contribution >= 4 is 0 Å². The van der Waals surface area contributed by atoms with Crippen molar-refractivity contribution in [3.8, 4) is 6.07 Å². The van der Waals surface area contributed by atoms with Crippen LogP contribution in [0.4, 0.5) is 0 Å². The van der Waals surface area contributed by atoms with Crippen LogP contribution in [0.25, 0.3) is 0 Å². The molecule has 0 aromatic carbocycles. The average molecular weight is 178 g/mol. The fourth-order valence-corrected chi connectivity index (χ4v) is 1.39. The van der Waals surface area contributed by atoms with Crippen LogP contribution < -0.4 is 5.32 Å². The molecular formula is C9H14N4. The summed E-state index contributed by atoms with van der Waals surface area (Å²) >= 11 is 0. The maximum absolute atomic E-state index is 8.55. The molecule has 4 heteroatoms. The molecule has 70 valence electrons. The van der Waals surface area contributed by atoms with E-state index in [-0.39, 0.29) is 0 Å². The van der Waals surface area contributed by atoms with E-state index in [0.29, 0.717) is 6.54 Å². The number of nitriles is 1. The molecule has 4 nitrogen and oxygen atoms in total. The maximum atomic E-state index is 8.55. The van der Waals surface area contributed by atoms with E-state index >= 15 is 0 Å². The number of rotatable bonds is 3. The topological polar surface area (TPSA) is 53.6 Å². The molecule has 0 atom stereocenters. The number of hydrogen-bond donors (Lipinski definition) is 1. The summed E-state index contributed by atoms with van der Waals surface area (Å²) in [5.41, 5.74) is 3.27. The Hall–Kier alpha value is -1.34. The summed E-state index contributed by atoms with van der Waals surface area (Å²) < 4.78 is 1.74. The van der Waals surface area contributed by atoms with Gasteiger partial charge in [-0.05, 0) is 20.9 Å². The van der Waals surface area contributed by atoms with Gasteiger partial charge in [0.15, 0.2) is 0 Å². The third kappa shape index (κ3) is 1.87. The number of aryl methyl sites for hydroxylation is 1. The van der Waals surface area contributed by atoms with Gasteiger partial charge >= 0.3 is 0 Å². The summed E-state index contributed by atoms with van der Waals surface area (Å²) in [5.74, 6) is 0. The van der Waals surface area contributed by atoms with Gasteiger partial charge in [-0.2, -0.15) is 10.4 Å². The summed E-state index contributed by atoms with van der Waals surface area (Å²) in [6.45, 7) is 5.09. The molecule has 0 amide bonds. The molecule has 0 aliphatic rings. The number of nitrogens with one attached hydrogen (secondary N) is 1. The highest BCUT2D eigenvalue weighted by molar-refractivity contribution is 5.24. The van der Waals surface area contributed by atoms with Crippen molar-refractivity contribution in [1.29, 1.82) is 5.26 Å². The molecule has 1 aromatic heterocycles. The summed E-state index contributed by atoms with van der Waals surface area (Å²) in [6, 6.07) is 2.09. The van der Waals surface area contributed by atoms with Crippen molar-refractivity contribution in [2.45, 2.75) is 26.9 Å². The van der Waals surface area contributed by atoms with Crippen LogP contribution in [0, 0.1) is 25.2 Å². The lowest BCUT2D eigenvalue weighted by Gasteiger charge is -2.00. The molecule has 0 saturated carbocycles. The molecule has 0 radical (unpaired) electrons. The Bertz CT molecular complexity index is 332. The highest BCUT2D eigenvalue weighted by Gasteiger charge is 2.09. The van der Waals surface area contributed by atoms with Crippen molar-refractivity contribution in [3.05, 3.63) is 17.0 Å². The minimum absolute atomic E-state index is 0.330. The summed E-state index contributed by atoms with van der Waals surface area (Å²) in [6.07, 6.45) is 0. The van der Waals surface area contributed by atoms with E-state index in [9.17, 15) is 0 Å². The first-order valence-electron chi connectivity index (χ1n) is 4.25. The molecular weight excluding hydrogens is 164 g/mol. The second-order valence-corrected chi connectivity index (χ2v) is 3.00. The monoisotopic (exact) mass is 178 g/mol. The Morgan fingerprint density at radius 1 is 1.54 bits per heavy atom. The molecule has 1 N–H and O–H groups in total. The number of nitrogens with zero attached hydrogens (tertiary/aromatic N) is 3. The van der Waals surface area contributed by atoms with Crippen LogP contribution in [0.5, 0.6) is 0 Å². The molecule has 0 saturated heterocycles. The first kappa shape index (κ1) is 9.75. The highest BCUT2D eigenvalue weighted by atomic mass is 15.3. The summed E-state index contributed by atoms with van der Waals surface area (Å²) in [4.78, 5) is 0. The fraction of sp³-hybridized carbons (Fsp3) is 0.556. The van der Waals surface area contributed by atoms with Crippen molar-refractivity contribution < 1.29 is 0 Å². The lowest BCUT2D eigenvalue weighted by atomic mass is 10.2. The highest BCUT2D eigenvalue weighted by Crippen LogP contribution is 2.11. The smallest absolute Gasteiger partial charge is 0.128 e. The second-order valence-electron chi connectivity index (χ2n) is 3.00. The van der Waals surface area contributed by atoms with Gasteiger partial charge in [-0.3, -0.25) is 4.68 Å². The van der Waals surface area contributed by atoms with Crippen molar-refractivity contribution in [2.75, 3.05) is 7.05 Å². The van der Waals surface area contributed by atoms with Crippen LogP contribution in [0.1, 0.15) is 17.0 Å². The molecule has 0 fully saturated rings. The van der Waals surface area contributed by atoms with E-state index in [4.69, 9.17) is 5.26 Å². The van der Waals surface area contributed by atoms with E-state index < -0.39 is 0 Å². The molecule has 1 heterocycles. The van der Waals surface area contributed by atoms with Gasteiger partial charge in [0.2, 0.25) is 0 Å². The van der Waals surface area contributed by atoms with Gasteiger partial charge in [0.05, 0.1) is 11.8 Å². The first-order chi connectivity index (χ1) is 6.20. The minimum Gasteiger partial charge on any atom is -0.316 e. The largest absolute Gasteiger partial charge is 0.316 e. The lowest BCUT2D eigenvalue weighted by Crippen LogP contribution is -2.07. The first-order valence-corrected chi connectivity index (χ1v) is 4.25. The van der Waals surface area contributed by atoms with Crippen LogP contribution in [0.3, 0.4) is 0 Å². The Balaban J connectivity index is 3.01. The quantitative estimate of drug-likeness (QED) is 0.742. The van der Waals surface area contributed by atoms with Gasteiger partial charge in [-0.25, -0.2) is 0 Å². The predicted octanol–water partition coefficient (Wildman–Crippen LogP) is 0.743. The molecule has 0 aliphatic carbocycles. The van der Waals surface area contributed by atoms with Gasteiger partial charge in [0, 0.05) is 17.8 Å². The van der Waals surface area contributed by atoms with Gasteiger partial charge in [0.1, 0.15) is 6.54 Å². The van der Waals surface area contributed by atoms with Gasteiger partial charge in [-0.15, -0.1) is 0 Å². The van der Waals surface area contributed by atoms with Crippen LogP contribution in [0.15, 0.2) is 0 Å².